The summed E-state index contributed by atoms with van der Waals surface area (Å²) in [6.45, 7) is 4.39. The zero-order chi connectivity index (χ0) is 17.3. The molecular weight excluding hydrogens is 308 g/mol. The molecule has 3 rings (SSSR count). The molecule has 0 atom stereocenters. The predicted molar refractivity (Wildman–Crippen MR) is 91.4 cm³/mol. The van der Waals surface area contributed by atoms with Crippen LogP contribution < -0.4 is 10.3 Å². The molecule has 2 heterocycles. The third-order valence-corrected chi connectivity index (χ3v) is 3.77. The second-order valence-corrected chi connectivity index (χ2v) is 5.55. The van der Waals surface area contributed by atoms with E-state index in [1.165, 1.54) is 12.1 Å². The zero-order valence-corrected chi connectivity index (χ0v) is 14.0. The molecule has 7 heteroatoms. The number of hydrogen-bond donors (Lipinski definition) is 2. The molecule has 0 radical (unpaired) electrons. The van der Waals surface area contributed by atoms with Crippen LogP contribution in [0.2, 0.25) is 0 Å². The first kappa shape index (κ1) is 16.0. The Morgan fingerprint density at radius 2 is 2.12 bits per heavy atom. The van der Waals surface area contributed by atoms with Crippen LogP contribution in [0.3, 0.4) is 0 Å². The minimum Gasteiger partial charge on any atom is -0.508 e. The number of phenols is 1. The van der Waals surface area contributed by atoms with Crippen LogP contribution in [0, 0.1) is 0 Å². The van der Waals surface area contributed by atoms with Crippen molar-refractivity contribution in [1.29, 1.82) is 0 Å². The van der Waals surface area contributed by atoms with Crippen molar-refractivity contribution in [1.82, 2.24) is 19.7 Å². The molecular formula is C17H20N4O3. The molecule has 24 heavy (non-hydrogen) atoms. The summed E-state index contributed by atoms with van der Waals surface area (Å²) in [6, 6.07) is 4.73. The van der Waals surface area contributed by atoms with Crippen molar-refractivity contribution >= 4 is 11.0 Å². The zero-order valence-electron chi connectivity index (χ0n) is 14.0. The highest BCUT2D eigenvalue weighted by molar-refractivity contribution is 5.80. The summed E-state index contributed by atoms with van der Waals surface area (Å²) >= 11 is 0. The molecule has 0 spiro atoms. The van der Waals surface area contributed by atoms with Crippen molar-refractivity contribution in [3.05, 3.63) is 34.2 Å². The lowest BCUT2D eigenvalue weighted by Gasteiger charge is -2.10. The Labute approximate surface area is 138 Å². The number of aromatic nitrogens is 4. The lowest BCUT2D eigenvalue weighted by Crippen LogP contribution is -2.12. The van der Waals surface area contributed by atoms with E-state index in [-0.39, 0.29) is 11.3 Å². The molecule has 0 unspecified atom stereocenters. The number of aromatic amines is 1. The second-order valence-electron chi connectivity index (χ2n) is 5.55. The van der Waals surface area contributed by atoms with Crippen LogP contribution >= 0.6 is 0 Å². The van der Waals surface area contributed by atoms with Crippen LogP contribution in [0.1, 0.15) is 26.0 Å². The van der Waals surface area contributed by atoms with E-state index in [1.807, 2.05) is 6.92 Å². The van der Waals surface area contributed by atoms with Gasteiger partial charge in [-0.05, 0) is 31.5 Å². The first-order valence-corrected chi connectivity index (χ1v) is 7.97. The number of phenolic OH excluding ortho intramolecular Hbond substituents is 1. The average Bonchev–Trinajstić information content (AvgIpc) is 2.86. The van der Waals surface area contributed by atoms with E-state index in [4.69, 9.17) is 4.74 Å². The second kappa shape index (κ2) is 6.35. The Morgan fingerprint density at radius 3 is 2.83 bits per heavy atom. The molecule has 0 aliphatic heterocycles. The normalized spacial score (nSPS) is 11.1. The van der Waals surface area contributed by atoms with Crippen molar-refractivity contribution in [3.8, 4) is 22.9 Å². The number of nitrogens with one attached hydrogen (secondary N) is 1. The highest BCUT2D eigenvalue weighted by Crippen LogP contribution is 2.31. The van der Waals surface area contributed by atoms with E-state index in [0.29, 0.717) is 34.8 Å². The molecule has 0 amide bonds. The fraction of sp³-hybridized carbons (Fsp3) is 0.353. The molecule has 0 aliphatic carbocycles. The van der Waals surface area contributed by atoms with Gasteiger partial charge in [0.25, 0.3) is 5.56 Å². The lowest BCUT2D eigenvalue weighted by atomic mass is 10.1. The highest BCUT2D eigenvalue weighted by Gasteiger charge is 2.17. The van der Waals surface area contributed by atoms with Crippen LogP contribution in [0.5, 0.6) is 11.5 Å². The van der Waals surface area contributed by atoms with Crippen LogP contribution in [0.25, 0.3) is 22.4 Å². The number of nitrogens with zero attached hydrogens (tertiary/aromatic N) is 3. The largest absolute Gasteiger partial charge is 0.508 e. The minimum atomic E-state index is -0.266. The Balaban J connectivity index is 2.26. The molecule has 0 aliphatic rings. The summed E-state index contributed by atoms with van der Waals surface area (Å²) in [6.07, 6.45) is 1.65. The van der Waals surface area contributed by atoms with E-state index in [2.05, 4.69) is 22.0 Å². The minimum absolute atomic E-state index is 0.0798. The summed E-state index contributed by atoms with van der Waals surface area (Å²) in [5.74, 6) is 0.993. The number of aryl methyl sites for hydroxylation is 2. The van der Waals surface area contributed by atoms with Gasteiger partial charge >= 0.3 is 0 Å². The Kier molecular flexibility index (Phi) is 4.24. The van der Waals surface area contributed by atoms with Crippen molar-refractivity contribution in [3.63, 3.8) is 0 Å². The van der Waals surface area contributed by atoms with Crippen molar-refractivity contribution < 1.29 is 9.84 Å². The summed E-state index contributed by atoms with van der Waals surface area (Å²) in [4.78, 5) is 19.9. The molecule has 0 saturated heterocycles. The summed E-state index contributed by atoms with van der Waals surface area (Å²) < 4.78 is 7.14. The van der Waals surface area contributed by atoms with Gasteiger partial charge in [0.1, 0.15) is 22.8 Å². The van der Waals surface area contributed by atoms with Gasteiger partial charge in [-0.15, -0.1) is 0 Å². The van der Waals surface area contributed by atoms with Gasteiger partial charge in [0, 0.05) is 7.05 Å². The molecule has 7 nitrogen and oxygen atoms in total. The molecule has 0 fully saturated rings. The third-order valence-electron chi connectivity index (χ3n) is 3.77. The van der Waals surface area contributed by atoms with E-state index < -0.39 is 0 Å². The van der Waals surface area contributed by atoms with Crippen molar-refractivity contribution in [2.75, 3.05) is 6.61 Å². The van der Waals surface area contributed by atoms with Crippen molar-refractivity contribution in [2.45, 2.75) is 26.7 Å². The van der Waals surface area contributed by atoms with Gasteiger partial charge in [0.05, 0.1) is 17.9 Å². The quantitative estimate of drug-likeness (QED) is 0.750. The predicted octanol–water partition coefficient (Wildman–Crippen LogP) is 2.38. The summed E-state index contributed by atoms with van der Waals surface area (Å²) in [5, 5.41) is 14.2. The Hall–Kier alpha value is -2.83. The average molecular weight is 328 g/mol. The smallest absolute Gasteiger partial charge is 0.277 e. The van der Waals surface area contributed by atoms with Gasteiger partial charge < -0.3 is 14.8 Å². The van der Waals surface area contributed by atoms with Gasteiger partial charge in [-0.2, -0.15) is 5.10 Å². The standard InChI is InChI=1S/C17H20N4O3/c1-4-6-12-14-15(21(3)20-12)17(23)19-16(18-14)11-9-10(22)7-8-13(11)24-5-2/h7-9,22H,4-6H2,1-3H3,(H,18,19,23). The molecule has 126 valence electrons. The fourth-order valence-corrected chi connectivity index (χ4v) is 2.76. The molecule has 0 saturated carbocycles. The van der Waals surface area contributed by atoms with Crippen LogP contribution in [0.4, 0.5) is 0 Å². The monoisotopic (exact) mass is 328 g/mol. The first-order valence-electron chi connectivity index (χ1n) is 7.97. The Morgan fingerprint density at radius 1 is 1.33 bits per heavy atom. The first-order chi connectivity index (χ1) is 11.5. The van der Waals surface area contributed by atoms with Crippen LogP contribution in [-0.4, -0.2) is 31.5 Å². The highest BCUT2D eigenvalue weighted by atomic mass is 16.5. The van der Waals surface area contributed by atoms with Gasteiger partial charge in [-0.3, -0.25) is 9.48 Å². The Bertz CT molecular complexity index is 943. The number of hydrogen-bond acceptors (Lipinski definition) is 5. The van der Waals surface area contributed by atoms with Crippen molar-refractivity contribution in [2.24, 2.45) is 7.05 Å². The van der Waals surface area contributed by atoms with E-state index >= 15 is 0 Å². The fourth-order valence-electron chi connectivity index (χ4n) is 2.76. The molecule has 2 N–H and O–H groups in total. The van der Waals surface area contributed by atoms with E-state index in [0.717, 1.165) is 18.5 Å². The number of ether oxygens (including phenoxy) is 1. The summed E-state index contributed by atoms with van der Waals surface area (Å²) in [5.41, 5.74) is 2.10. The molecule has 2 aromatic heterocycles. The molecule has 0 bridgehead atoms. The van der Waals surface area contributed by atoms with Gasteiger partial charge in [0.15, 0.2) is 5.52 Å². The number of H-pyrrole nitrogens is 1. The maximum absolute atomic E-state index is 12.5. The number of rotatable bonds is 5. The number of benzene rings is 1. The maximum atomic E-state index is 12.5. The third kappa shape index (κ3) is 2.73. The van der Waals surface area contributed by atoms with Gasteiger partial charge in [-0.25, -0.2) is 4.98 Å². The SMILES string of the molecule is CCCc1nn(C)c2c(=O)[nH]c(-c3cc(O)ccc3OCC)nc12. The lowest BCUT2D eigenvalue weighted by molar-refractivity contribution is 0.340. The van der Waals surface area contributed by atoms with Gasteiger partial charge in [0.2, 0.25) is 0 Å². The number of fused-ring (bicyclic) bond motifs is 1. The van der Waals surface area contributed by atoms with Gasteiger partial charge in [-0.1, -0.05) is 13.3 Å². The van der Waals surface area contributed by atoms with E-state index in [1.54, 1.807) is 17.8 Å². The topological polar surface area (TPSA) is 93.0 Å². The summed E-state index contributed by atoms with van der Waals surface area (Å²) in [7, 11) is 1.73. The molecule has 1 aromatic carbocycles. The molecule has 3 aromatic rings. The van der Waals surface area contributed by atoms with Crippen LogP contribution in [0.15, 0.2) is 23.0 Å². The van der Waals surface area contributed by atoms with Crippen LogP contribution in [-0.2, 0) is 13.5 Å². The van der Waals surface area contributed by atoms with E-state index in [9.17, 15) is 9.90 Å². The number of aromatic hydroxyl groups is 1. The maximum Gasteiger partial charge on any atom is 0.277 e.